The number of carboxylic acids is 1. The second-order valence-electron chi connectivity index (χ2n) is 4.20. The van der Waals surface area contributed by atoms with Crippen molar-refractivity contribution < 1.29 is 14.7 Å². The number of rotatable bonds is 7. The van der Waals surface area contributed by atoms with Crippen LogP contribution >= 0.6 is 0 Å². The quantitative estimate of drug-likeness (QED) is 0.606. The first-order valence-corrected chi connectivity index (χ1v) is 6.42. The molecule has 0 bridgehead atoms. The summed E-state index contributed by atoms with van der Waals surface area (Å²) in [4.78, 5) is 24.1. The van der Waals surface area contributed by atoms with Crippen molar-refractivity contribution in [1.82, 2.24) is 0 Å². The van der Waals surface area contributed by atoms with E-state index in [1.165, 1.54) is 0 Å². The van der Waals surface area contributed by atoms with Gasteiger partial charge in [-0.15, -0.1) is 0 Å². The molecule has 0 atom stereocenters. The van der Waals surface area contributed by atoms with Gasteiger partial charge in [-0.3, -0.25) is 4.79 Å². The second kappa shape index (κ2) is 8.08. The zero-order chi connectivity index (χ0) is 14.1. The van der Waals surface area contributed by atoms with Gasteiger partial charge in [0.2, 0.25) is 0 Å². The Balaban J connectivity index is 2.80. The average Bonchev–Trinajstić information content (AvgIpc) is 2.42. The molecule has 4 heteroatoms. The van der Waals surface area contributed by atoms with E-state index in [1.807, 2.05) is 30.3 Å². The number of carboxylic acid groups (broad SMARTS) is 1. The highest BCUT2D eigenvalue weighted by molar-refractivity contribution is 6.04. The van der Waals surface area contributed by atoms with Crippen LogP contribution in [0.1, 0.15) is 26.2 Å². The van der Waals surface area contributed by atoms with E-state index in [0.29, 0.717) is 6.54 Å². The highest BCUT2D eigenvalue weighted by atomic mass is 16.4. The molecule has 0 saturated heterocycles. The summed E-state index contributed by atoms with van der Waals surface area (Å²) in [7, 11) is 0. The number of amides is 1. The third-order valence-corrected chi connectivity index (χ3v) is 2.69. The Labute approximate surface area is 113 Å². The molecule has 1 aromatic carbocycles. The molecule has 0 aliphatic rings. The zero-order valence-electron chi connectivity index (χ0n) is 11.1. The lowest BCUT2D eigenvalue weighted by Gasteiger charge is -2.21. The summed E-state index contributed by atoms with van der Waals surface area (Å²) < 4.78 is 0. The van der Waals surface area contributed by atoms with E-state index in [1.54, 1.807) is 4.90 Å². The number of nitrogens with zero attached hydrogens (tertiary/aromatic N) is 1. The van der Waals surface area contributed by atoms with Crippen LogP contribution in [0.25, 0.3) is 0 Å². The molecule has 0 aliphatic carbocycles. The fourth-order valence-electron chi connectivity index (χ4n) is 1.73. The SMILES string of the molecule is CCCCCN(C(=O)/C=C\C(=O)O)c1ccccc1. The number of hydrogen-bond acceptors (Lipinski definition) is 2. The van der Waals surface area contributed by atoms with Crippen LogP contribution in [0.4, 0.5) is 5.69 Å². The first kappa shape index (κ1) is 15.0. The molecule has 0 radical (unpaired) electrons. The molecule has 0 unspecified atom stereocenters. The highest BCUT2D eigenvalue weighted by Gasteiger charge is 2.12. The maximum Gasteiger partial charge on any atom is 0.328 e. The van der Waals surface area contributed by atoms with Crippen LogP contribution in [0, 0.1) is 0 Å². The summed E-state index contributed by atoms with van der Waals surface area (Å²) >= 11 is 0. The van der Waals surface area contributed by atoms with Crippen LogP contribution in [0.3, 0.4) is 0 Å². The van der Waals surface area contributed by atoms with Crippen molar-refractivity contribution in [2.45, 2.75) is 26.2 Å². The van der Waals surface area contributed by atoms with Crippen molar-refractivity contribution in [2.24, 2.45) is 0 Å². The number of aliphatic carboxylic acids is 1. The van der Waals surface area contributed by atoms with Crippen LogP contribution in [0.15, 0.2) is 42.5 Å². The number of unbranched alkanes of at least 4 members (excludes halogenated alkanes) is 2. The van der Waals surface area contributed by atoms with Crippen molar-refractivity contribution in [3.8, 4) is 0 Å². The molecule has 102 valence electrons. The molecule has 0 spiro atoms. The van der Waals surface area contributed by atoms with Crippen LogP contribution in [-0.4, -0.2) is 23.5 Å². The van der Waals surface area contributed by atoms with E-state index in [2.05, 4.69) is 6.92 Å². The zero-order valence-corrected chi connectivity index (χ0v) is 11.1. The number of para-hydroxylation sites is 1. The fourth-order valence-corrected chi connectivity index (χ4v) is 1.73. The fraction of sp³-hybridized carbons (Fsp3) is 0.333. The Morgan fingerprint density at radius 2 is 1.84 bits per heavy atom. The number of carbonyl (C=O) groups excluding carboxylic acids is 1. The molecule has 0 fully saturated rings. The highest BCUT2D eigenvalue weighted by Crippen LogP contribution is 2.15. The Morgan fingerprint density at radius 3 is 2.42 bits per heavy atom. The molecular weight excluding hydrogens is 242 g/mol. The summed E-state index contributed by atoms with van der Waals surface area (Å²) in [6.07, 6.45) is 4.98. The van der Waals surface area contributed by atoms with Crippen LogP contribution in [0.5, 0.6) is 0 Å². The monoisotopic (exact) mass is 261 g/mol. The van der Waals surface area contributed by atoms with Gasteiger partial charge >= 0.3 is 5.97 Å². The minimum atomic E-state index is -1.12. The Kier molecular flexibility index (Phi) is 6.36. The minimum Gasteiger partial charge on any atom is -0.478 e. The molecule has 0 heterocycles. The molecule has 0 aromatic heterocycles. The van der Waals surface area contributed by atoms with E-state index >= 15 is 0 Å². The average molecular weight is 261 g/mol. The summed E-state index contributed by atoms with van der Waals surface area (Å²) in [5, 5.41) is 8.57. The molecule has 4 nitrogen and oxygen atoms in total. The third kappa shape index (κ3) is 5.38. The first-order chi connectivity index (χ1) is 9.15. The molecule has 0 saturated carbocycles. The number of hydrogen-bond donors (Lipinski definition) is 1. The first-order valence-electron chi connectivity index (χ1n) is 6.42. The lowest BCUT2D eigenvalue weighted by atomic mass is 10.2. The molecule has 1 rings (SSSR count). The van der Waals surface area contributed by atoms with Crippen LogP contribution < -0.4 is 4.90 Å². The van der Waals surface area contributed by atoms with E-state index in [9.17, 15) is 9.59 Å². The van der Waals surface area contributed by atoms with Gasteiger partial charge in [0.25, 0.3) is 5.91 Å². The summed E-state index contributed by atoms with van der Waals surface area (Å²) in [6.45, 7) is 2.69. The molecule has 1 N–H and O–H groups in total. The molecule has 1 amide bonds. The lowest BCUT2D eigenvalue weighted by Crippen LogP contribution is -2.30. The number of anilines is 1. The molecular formula is C15H19NO3. The predicted molar refractivity (Wildman–Crippen MR) is 75.1 cm³/mol. The summed E-state index contributed by atoms with van der Waals surface area (Å²) in [6, 6.07) is 9.29. The van der Waals surface area contributed by atoms with E-state index in [4.69, 9.17) is 5.11 Å². The second-order valence-corrected chi connectivity index (χ2v) is 4.20. The van der Waals surface area contributed by atoms with Gasteiger partial charge in [-0.2, -0.15) is 0 Å². The van der Waals surface area contributed by atoms with Gasteiger partial charge in [-0.25, -0.2) is 4.79 Å². The third-order valence-electron chi connectivity index (χ3n) is 2.69. The number of carbonyl (C=O) groups is 2. The van der Waals surface area contributed by atoms with Gasteiger partial charge in [0.1, 0.15) is 0 Å². The maximum atomic E-state index is 12.0. The van der Waals surface area contributed by atoms with Crippen LogP contribution in [-0.2, 0) is 9.59 Å². The van der Waals surface area contributed by atoms with Crippen molar-refractivity contribution in [3.05, 3.63) is 42.5 Å². The van der Waals surface area contributed by atoms with Gasteiger partial charge in [0, 0.05) is 24.4 Å². The predicted octanol–water partition coefficient (Wildman–Crippen LogP) is 2.85. The van der Waals surface area contributed by atoms with Crippen LogP contribution in [0.2, 0.25) is 0 Å². The van der Waals surface area contributed by atoms with Crippen molar-refractivity contribution in [3.63, 3.8) is 0 Å². The van der Waals surface area contributed by atoms with E-state index < -0.39 is 5.97 Å². The minimum absolute atomic E-state index is 0.301. The van der Waals surface area contributed by atoms with Gasteiger partial charge in [0.15, 0.2) is 0 Å². The Bertz CT molecular complexity index is 440. The summed E-state index contributed by atoms with van der Waals surface area (Å²) in [5.41, 5.74) is 0.790. The van der Waals surface area contributed by atoms with Crippen molar-refractivity contribution in [1.29, 1.82) is 0 Å². The van der Waals surface area contributed by atoms with E-state index in [-0.39, 0.29) is 5.91 Å². The Hall–Kier alpha value is -2.10. The van der Waals surface area contributed by atoms with Crippen molar-refractivity contribution >= 4 is 17.6 Å². The smallest absolute Gasteiger partial charge is 0.328 e. The standard InChI is InChI=1S/C15H19NO3/c1-2-3-7-12-16(13-8-5-4-6-9-13)14(17)10-11-15(18)19/h4-6,8-11H,2-3,7,12H2,1H3,(H,18,19)/b11-10-. The topological polar surface area (TPSA) is 57.6 Å². The van der Waals surface area contributed by atoms with Gasteiger partial charge < -0.3 is 10.0 Å². The van der Waals surface area contributed by atoms with Gasteiger partial charge in [-0.1, -0.05) is 38.0 Å². The lowest BCUT2D eigenvalue weighted by molar-refractivity contribution is -0.131. The molecule has 1 aromatic rings. The maximum absolute atomic E-state index is 12.0. The molecule has 0 aliphatic heterocycles. The summed E-state index contributed by atoms with van der Waals surface area (Å²) in [5.74, 6) is -1.42. The van der Waals surface area contributed by atoms with Gasteiger partial charge in [0.05, 0.1) is 0 Å². The Morgan fingerprint density at radius 1 is 1.16 bits per heavy atom. The largest absolute Gasteiger partial charge is 0.478 e. The molecule has 19 heavy (non-hydrogen) atoms. The van der Waals surface area contributed by atoms with Crippen molar-refractivity contribution in [2.75, 3.05) is 11.4 Å². The number of benzene rings is 1. The normalized spacial score (nSPS) is 10.6. The van der Waals surface area contributed by atoms with E-state index in [0.717, 1.165) is 37.1 Å². The van der Waals surface area contributed by atoms with Gasteiger partial charge in [-0.05, 0) is 18.6 Å².